The van der Waals surface area contributed by atoms with Gasteiger partial charge in [0, 0.05) is 29.9 Å². The van der Waals surface area contributed by atoms with Gasteiger partial charge in [0.2, 0.25) is 0 Å². The van der Waals surface area contributed by atoms with E-state index >= 15 is 0 Å². The van der Waals surface area contributed by atoms with Crippen LogP contribution < -0.4 is 16.8 Å². The molecule has 2 aromatic carbocycles. The van der Waals surface area contributed by atoms with Crippen molar-refractivity contribution >= 4 is 34.3 Å². The van der Waals surface area contributed by atoms with Crippen LogP contribution in [-0.4, -0.2) is 37.7 Å². The number of hydrogen-bond acceptors (Lipinski definition) is 6. The molecule has 2 heterocycles. The Hall–Kier alpha value is -3.82. The number of nitrogens with one attached hydrogen (secondary N) is 1. The van der Waals surface area contributed by atoms with E-state index in [-0.39, 0.29) is 40.1 Å². The van der Waals surface area contributed by atoms with Crippen molar-refractivity contribution in [3.05, 3.63) is 70.8 Å². The number of phenolic OH excluding ortho intramolecular Hbond substituents is 2. The van der Waals surface area contributed by atoms with Crippen molar-refractivity contribution in [2.24, 2.45) is 16.5 Å². The van der Waals surface area contributed by atoms with E-state index in [1.807, 2.05) is 19.2 Å². The fraction of sp³-hybridized carbons (Fsp3) is 0.286. The number of nitrogens with zero attached hydrogens (tertiary/aromatic N) is 3. The molecule has 1 aliphatic carbocycles. The summed E-state index contributed by atoms with van der Waals surface area (Å²) in [6.07, 6.45) is 7.78. The molecular weight excluding hydrogens is 507 g/mol. The molecule has 8 nitrogen and oxygen atoms in total. The molecule has 4 aromatic rings. The summed E-state index contributed by atoms with van der Waals surface area (Å²) >= 11 is 6.24. The van der Waals surface area contributed by atoms with Gasteiger partial charge >= 0.3 is 0 Å². The Kier molecular flexibility index (Phi) is 7.14. The summed E-state index contributed by atoms with van der Waals surface area (Å²) in [5, 5.41) is 28.7. The molecule has 0 bridgehead atoms. The lowest BCUT2D eigenvalue weighted by Crippen LogP contribution is -2.33. The minimum Gasteiger partial charge on any atom is -0.504 e. The summed E-state index contributed by atoms with van der Waals surface area (Å²) in [4.78, 5) is 4.43. The van der Waals surface area contributed by atoms with E-state index < -0.39 is 5.82 Å². The second kappa shape index (κ2) is 10.5. The van der Waals surface area contributed by atoms with Crippen LogP contribution in [0.1, 0.15) is 43.7 Å². The monoisotopic (exact) mass is 536 g/mol. The van der Waals surface area contributed by atoms with Crippen LogP contribution in [0.2, 0.25) is 5.02 Å². The van der Waals surface area contributed by atoms with E-state index in [4.69, 9.17) is 23.1 Å². The average molecular weight is 537 g/mol. The van der Waals surface area contributed by atoms with Crippen molar-refractivity contribution < 1.29 is 14.6 Å². The van der Waals surface area contributed by atoms with Gasteiger partial charge in [-0.05, 0) is 73.6 Å². The number of aromatic hydroxyl groups is 2. The lowest BCUT2D eigenvalue weighted by atomic mass is 9.91. The number of aryl methyl sites for hydroxylation is 1. The molecule has 0 spiro atoms. The molecule has 1 fully saturated rings. The number of halogens is 2. The average Bonchev–Trinajstić information content (AvgIpc) is 3.33. The summed E-state index contributed by atoms with van der Waals surface area (Å²) in [5.41, 5.74) is 17.4. The number of hydrogen-bond donors (Lipinski definition) is 5. The topological polar surface area (TPSA) is 134 Å². The number of benzene rings is 2. The van der Waals surface area contributed by atoms with Gasteiger partial charge < -0.3 is 27.0 Å². The van der Waals surface area contributed by atoms with Gasteiger partial charge in [-0.15, -0.1) is 0 Å². The van der Waals surface area contributed by atoms with Crippen LogP contribution in [0.5, 0.6) is 11.5 Å². The molecule has 0 aliphatic heterocycles. The molecule has 0 unspecified atom stereocenters. The van der Waals surface area contributed by atoms with E-state index in [2.05, 4.69) is 15.4 Å². The second-order valence-corrected chi connectivity index (χ2v) is 10.1. The van der Waals surface area contributed by atoms with Crippen LogP contribution in [0.25, 0.3) is 16.6 Å². The third-order valence-electron chi connectivity index (χ3n) is 7.07. The lowest BCUT2D eigenvalue weighted by Gasteiger charge is -2.28. The largest absolute Gasteiger partial charge is 0.504 e. The number of fused-ring (bicyclic) bond motifs is 1. The molecule has 10 heteroatoms. The Labute approximate surface area is 224 Å². The van der Waals surface area contributed by atoms with Gasteiger partial charge in [-0.25, -0.2) is 13.9 Å². The van der Waals surface area contributed by atoms with Crippen LogP contribution in [0.15, 0.2) is 53.8 Å². The Balaban J connectivity index is 1.65. The SMILES string of the molecule is CCc1cc(O)c(O)cc1-c1cc2c(N[C@H]3CC[C@H](N)CC3)c(/C(N)=N/c3cc(F)ccc3Cl)cnn2c1. The summed E-state index contributed by atoms with van der Waals surface area (Å²) < 4.78 is 15.6. The number of nitrogens with two attached hydrogens (primary N) is 2. The number of phenols is 2. The molecule has 1 saturated carbocycles. The highest BCUT2D eigenvalue weighted by molar-refractivity contribution is 6.33. The van der Waals surface area contributed by atoms with Crippen molar-refractivity contribution in [2.45, 2.75) is 51.1 Å². The van der Waals surface area contributed by atoms with E-state index in [0.717, 1.165) is 53.6 Å². The van der Waals surface area contributed by atoms with E-state index in [0.29, 0.717) is 12.0 Å². The fourth-order valence-corrected chi connectivity index (χ4v) is 5.12. The van der Waals surface area contributed by atoms with Crippen LogP contribution >= 0.6 is 11.6 Å². The molecule has 1 aliphatic rings. The van der Waals surface area contributed by atoms with E-state index in [1.54, 1.807) is 22.8 Å². The van der Waals surface area contributed by atoms with Crippen LogP contribution in [0.4, 0.5) is 15.8 Å². The first kappa shape index (κ1) is 25.8. The van der Waals surface area contributed by atoms with Crippen LogP contribution in [-0.2, 0) is 6.42 Å². The van der Waals surface area contributed by atoms with Gasteiger partial charge in [-0.2, -0.15) is 5.10 Å². The molecule has 7 N–H and O–H groups in total. The Morgan fingerprint density at radius 2 is 1.89 bits per heavy atom. The van der Waals surface area contributed by atoms with Gasteiger partial charge in [0.25, 0.3) is 0 Å². The normalized spacial score (nSPS) is 18.2. The maximum atomic E-state index is 13.9. The third kappa shape index (κ3) is 5.12. The standard InChI is InChI=1S/C28H30ClFN6O2/c1-2-15-10-25(37)26(38)12-20(15)16-9-24-27(34-19-6-4-18(31)5-7-19)21(13-33-36(24)14-16)28(32)35-23-11-17(30)3-8-22(23)29/h3,8-14,18-19,34,37-38H,2,4-7,31H2,1H3,(H2,32,35)/t18-,19-. The number of rotatable bonds is 6. The van der Waals surface area contributed by atoms with Crippen molar-refractivity contribution in [3.63, 3.8) is 0 Å². The fourth-order valence-electron chi connectivity index (χ4n) is 4.96. The second-order valence-electron chi connectivity index (χ2n) is 9.69. The van der Waals surface area contributed by atoms with Gasteiger partial charge in [0.1, 0.15) is 11.7 Å². The molecule has 0 amide bonds. The quantitative estimate of drug-likeness (QED) is 0.126. The highest BCUT2D eigenvalue weighted by Gasteiger charge is 2.23. The van der Waals surface area contributed by atoms with Gasteiger partial charge in [0.05, 0.1) is 33.7 Å². The van der Waals surface area contributed by atoms with Gasteiger partial charge in [0.15, 0.2) is 11.5 Å². The minimum absolute atomic E-state index is 0.141. The highest BCUT2D eigenvalue weighted by Crippen LogP contribution is 2.37. The third-order valence-corrected chi connectivity index (χ3v) is 7.39. The molecule has 0 radical (unpaired) electrons. The Morgan fingerprint density at radius 3 is 2.63 bits per heavy atom. The lowest BCUT2D eigenvalue weighted by molar-refractivity contribution is 0.403. The number of aliphatic imine (C=N–C) groups is 1. The summed E-state index contributed by atoms with van der Waals surface area (Å²) in [6, 6.07) is 9.39. The van der Waals surface area contributed by atoms with Crippen molar-refractivity contribution in [3.8, 4) is 22.6 Å². The summed E-state index contributed by atoms with van der Waals surface area (Å²) in [6.45, 7) is 1.98. The Morgan fingerprint density at radius 1 is 1.16 bits per heavy atom. The zero-order valence-corrected chi connectivity index (χ0v) is 21.7. The molecule has 2 aromatic heterocycles. The zero-order chi connectivity index (χ0) is 27.0. The first-order valence-corrected chi connectivity index (χ1v) is 13.0. The van der Waals surface area contributed by atoms with Crippen LogP contribution in [0, 0.1) is 5.82 Å². The van der Waals surface area contributed by atoms with E-state index in [9.17, 15) is 14.6 Å². The number of amidine groups is 1. The first-order chi connectivity index (χ1) is 18.2. The Bertz CT molecular complexity index is 1530. The predicted octanol–water partition coefficient (Wildman–Crippen LogP) is 5.49. The summed E-state index contributed by atoms with van der Waals surface area (Å²) in [5.74, 6) is -0.678. The number of aromatic nitrogens is 2. The smallest absolute Gasteiger partial charge is 0.158 e. The van der Waals surface area contributed by atoms with Crippen molar-refractivity contribution in [1.82, 2.24) is 9.61 Å². The maximum absolute atomic E-state index is 13.9. The predicted molar refractivity (Wildman–Crippen MR) is 149 cm³/mol. The molecule has 38 heavy (non-hydrogen) atoms. The molecule has 0 atom stereocenters. The van der Waals surface area contributed by atoms with E-state index in [1.165, 1.54) is 18.2 Å². The van der Waals surface area contributed by atoms with Gasteiger partial charge in [-0.3, -0.25) is 0 Å². The molecule has 0 saturated heterocycles. The molecule has 5 rings (SSSR count). The zero-order valence-electron chi connectivity index (χ0n) is 21.0. The maximum Gasteiger partial charge on any atom is 0.158 e. The van der Waals surface area contributed by atoms with Gasteiger partial charge in [-0.1, -0.05) is 18.5 Å². The van der Waals surface area contributed by atoms with Crippen molar-refractivity contribution in [1.29, 1.82) is 0 Å². The molecular formula is C28H30ClFN6O2. The molecule has 198 valence electrons. The van der Waals surface area contributed by atoms with Crippen LogP contribution in [0.3, 0.4) is 0 Å². The van der Waals surface area contributed by atoms with Crippen molar-refractivity contribution in [2.75, 3.05) is 5.32 Å². The highest BCUT2D eigenvalue weighted by atomic mass is 35.5. The first-order valence-electron chi connectivity index (χ1n) is 12.6. The summed E-state index contributed by atoms with van der Waals surface area (Å²) in [7, 11) is 0. The number of anilines is 1. The minimum atomic E-state index is -0.466.